The largest absolute Gasteiger partial charge is 0.308 e. The Morgan fingerprint density at radius 1 is 1.08 bits per heavy atom. The van der Waals surface area contributed by atoms with Crippen molar-refractivity contribution in [2.24, 2.45) is 5.92 Å². The minimum absolute atomic E-state index is 0.0578. The molecule has 1 fully saturated rings. The van der Waals surface area contributed by atoms with Gasteiger partial charge in [0.15, 0.2) is 11.6 Å². The summed E-state index contributed by atoms with van der Waals surface area (Å²) in [4.78, 5) is 23.5. The number of anilines is 1. The Hall–Kier alpha value is -2.95. The number of fused-ring (bicyclic) bond motifs is 1. The number of carbonyl (C=O) groups is 2. The first kappa shape index (κ1) is 15.6. The van der Waals surface area contributed by atoms with E-state index in [4.69, 9.17) is 0 Å². The third-order valence-corrected chi connectivity index (χ3v) is 4.91. The second-order valence-corrected chi connectivity index (χ2v) is 6.58. The van der Waals surface area contributed by atoms with E-state index < -0.39 is 0 Å². The third-order valence-electron chi connectivity index (χ3n) is 4.91. The average Bonchev–Trinajstić information content (AvgIpc) is 2.95. The van der Waals surface area contributed by atoms with E-state index in [-0.39, 0.29) is 17.6 Å². The SMILES string of the molecule is CC(=O)c1ccc(-c2ccc3c(NC(=O)C4CCC4)n[nH]c3c2)cc1. The van der Waals surface area contributed by atoms with Crippen LogP contribution < -0.4 is 5.32 Å². The fourth-order valence-electron chi connectivity index (χ4n) is 3.08. The maximum absolute atomic E-state index is 12.1. The Labute approximate surface area is 145 Å². The van der Waals surface area contributed by atoms with Gasteiger partial charge in [-0.1, -0.05) is 36.8 Å². The summed E-state index contributed by atoms with van der Waals surface area (Å²) in [6.07, 6.45) is 3.06. The first-order valence-electron chi connectivity index (χ1n) is 8.52. The van der Waals surface area contributed by atoms with Crippen molar-refractivity contribution < 1.29 is 9.59 Å². The highest BCUT2D eigenvalue weighted by molar-refractivity contribution is 6.01. The van der Waals surface area contributed by atoms with Gasteiger partial charge in [-0.2, -0.15) is 5.10 Å². The molecule has 0 bridgehead atoms. The zero-order valence-electron chi connectivity index (χ0n) is 14.0. The van der Waals surface area contributed by atoms with Gasteiger partial charge >= 0.3 is 0 Å². The fraction of sp³-hybridized carbons (Fsp3) is 0.250. The van der Waals surface area contributed by atoms with Crippen LogP contribution >= 0.6 is 0 Å². The monoisotopic (exact) mass is 333 g/mol. The van der Waals surface area contributed by atoms with Gasteiger partial charge in [0.2, 0.25) is 5.91 Å². The van der Waals surface area contributed by atoms with E-state index in [1.165, 1.54) is 0 Å². The van der Waals surface area contributed by atoms with Crippen molar-refractivity contribution in [2.75, 3.05) is 5.32 Å². The highest BCUT2D eigenvalue weighted by atomic mass is 16.2. The normalized spacial score (nSPS) is 14.3. The van der Waals surface area contributed by atoms with E-state index in [9.17, 15) is 9.59 Å². The number of aromatic nitrogens is 2. The number of hydrogen-bond donors (Lipinski definition) is 2. The molecule has 1 aromatic heterocycles. The van der Waals surface area contributed by atoms with E-state index in [2.05, 4.69) is 15.5 Å². The van der Waals surface area contributed by atoms with Crippen molar-refractivity contribution in [3.8, 4) is 11.1 Å². The molecule has 0 spiro atoms. The van der Waals surface area contributed by atoms with E-state index in [1.807, 2.05) is 42.5 Å². The molecule has 1 aliphatic carbocycles. The molecule has 2 aromatic carbocycles. The lowest BCUT2D eigenvalue weighted by Gasteiger charge is -2.23. The molecule has 0 unspecified atom stereocenters. The van der Waals surface area contributed by atoms with Gasteiger partial charge < -0.3 is 5.32 Å². The van der Waals surface area contributed by atoms with Crippen molar-refractivity contribution in [1.82, 2.24) is 10.2 Å². The lowest BCUT2D eigenvalue weighted by atomic mass is 9.85. The Kier molecular flexibility index (Phi) is 3.84. The summed E-state index contributed by atoms with van der Waals surface area (Å²) in [5.74, 6) is 0.835. The highest BCUT2D eigenvalue weighted by Crippen LogP contribution is 2.30. The zero-order valence-corrected chi connectivity index (χ0v) is 14.0. The fourth-order valence-corrected chi connectivity index (χ4v) is 3.08. The summed E-state index contributed by atoms with van der Waals surface area (Å²) in [5.41, 5.74) is 3.63. The summed E-state index contributed by atoms with van der Waals surface area (Å²) in [6.45, 7) is 1.56. The number of hydrogen-bond acceptors (Lipinski definition) is 3. The number of aromatic amines is 1. The summed E-state index contributed by atoms with van der Waals surface area (Å²) in [7, 11) is 0. The van der Waals surface area contributed by atoms with Crippen LogP contribution in [-0.4, -0.2) is 21.9 Å². The molecule has 1 amide bonds. The molecule has 126 valence electrons. The molecule has 5 heteroatoms. The number of nitrogens with one attached hydrogen (secondary N) is 2. The summed E-state index contributed by atoms with van der Waals surface area (Å²) in [5, 5.41) is 11.1. The van der Waals surface area contributed by atoms with Crippen LogP contribution in [0.4, 0.5) is 5.82 Å². The van der Waals surface area contributed by atoms with Gasteiger partial charge in [-0.15, -0.1) is 0 Å². The maximum atomic E-state index is 12.1. The van der Waals surface area contributed by atoms with Crippen molar-refractivity contribution >= 4 is 28.4 Å². The van der Waals surface area contributed by atoms with Gasteiger partial charge in [-0.25, -0.2) is 0 Å². The molecule has 4 rings (SSSR count). The number of nitrogens with zero attached hydrogens (tertiary/aromatic N) is 1. The predicted octanol–water partition coefficient (Wildman–Crippen LogP) is 4.17. The molecule has 5 nitrogen and oxygen atoms in total. The van der Waals surface area contributed by atoms with Gasteiger partial charge in [-0.05, 0) is 43.0 Å². The minimum Gasteiger partial charge on any atom is -0.308 e. The first-order valence-corrected chi connectivity index (χ1v) is 8.52. The van der Waals surface area contributed by atoms with Gasteiger partial charge in [0, 0.05) is 16.9 Å². The van der Waals surface area contributed by atoms with Crippen molar-refractivity contribution in [1.29, 1.82) is 0 Å². The predicted molar refractivity (Wildman–Crippen MR) is 97.5 cm³/mol. The Morgan fingerprint density at radius 2 is 1.80 bits per heavy atom. The standard InChI is InChI=1S/C20H19N3O2/c1-12(24)13-5-7-14(8-6-13)16-9-10-17-18(11-16)22-23-19(17)21-20(25)15-3-2-4-15/h5-11,15H,2-4H2,1H3,(H2,21,22,23,25). The molecular weight excluding hydrogens is 314 g/mol. The second-order valence-electron chi connectivity index (χ2n) is 6.58. The van der Waals surface area contributed by atoms with Crippen LogP contribution in [0, 0.1) is 5.92 Å². The molecule has 0 atom stereocenters. The van der Waals surface area contributed by atoms with Crippen LogP contribution in [0.3, 0.4) is 0 Å². The van der Waals surface area contributed by atoms with Crippen LogP contribution in [-0.2, 0) is 4.79 Å². The molecule has 0 aliphatic heterocycles. The topological polar surface area (TPSA) is 74.8 Å². The third kappa shape index (κ3) is 2.93. The molecule has 0 radical (unpaired) electrons. The van der Waals surface area contributed by atoms with Crippen molar-refractivity contribution in [3.63, 3.8) is 0 Å². The summed E-state index contributed by atoms with van der Waals surface area (Å²) < 4.78 is 0. The molecule has 0 saturated heterocycles. The number of benzene rings is 2. The zero-order chi connectivity index (χ0) is 17.4. The number of ketones is 1. The molecular formula is C20H19N3O2. The Balaban J connectivity index is 1.60. The van der Waals surface area contributed by atoms with Crippen molar-refractivity contribution in [3.05, 3.63) is 48.0 Å². The number of Topliss-reactive ketones (excluding diaryl/α,β-unsaturated/α-hetero) is 1. The van der Waals surface area contributed by atoms with Crippen LogP contribution in [0.15, 0.2) is 42.5 Å². The van der Waals surface area contributed by atoms with Gasteiger partial charge in [0.25, 0.3) is 0 Å². The first-order chi connectivity index (χ1) is 12.1. The second kappa shape index (κ2) is 6.16. The quantitative estimate of drug-likeness (QED) is 0.704. The summed E-state index contributed by atoms with van der Waals surface area (Å²) >= 11 is 0. The van der Waals surface area contributed by atoms with Crippen LogP contribution in [0.5, 0.6) is 0 Å². The minimum atomic E-state index is 0.0578. The van der Waals surface area contributed by atoms with E-state index in [0.717, 1.165) is 41.3 Å². The van der Waals surface area contributed by atoms with Gasteiger partial charge in [-0.3, -0.25) is 14.7 Å². The van der Waals surface area contributed by atoms with Gasteiger partial charge in [0.05, 0.1) is 5.52 Å². The molecule has 3 aromatic rings. The number of carbonyl (C=O) groups excluding carboxylic acids is 2. The van der Waals surface area contributed by atoms with Crippen LogP contribution in [0.2, 0.25) is 0 Å². The molecule has 2 N–H and O–H groups in total. The van der Waals surface area contributed by atoms with Crippen molar-refractivity contribution in [2.45, 2.75) is 26.2 Å². The Morgan fingerprint density at radius 3 is 2.44 bits per heavy atom. The average molecular weight is 333 g/mol. The van der Waals surface area contributed by atoms with E-state index >= 15 is 0 Å². The van der Waals surface area contributed by atoms with Crippen LogP contribution in [0.1, 0.15) is 36.5 Å². The molecule has 1 saturated carbocycles. The van der Waals surface area contributed by atoms with Crippen LogP contribution in [0.25, 0.3) is 22.0 Å². The maximum Gasteiger partial charge on any atom is 0.228 e. The molecule has 25 heavy (non-hydrogen) atoms. The number of H-pyrrole nitrogens is 1. The Bertz CT molecular complexity index is 953. The molecule has 1 heterocycles. The van der Waals surface area contributed by atoms with Gasteiger partial charge in [0.1, 0.15) is 0 Å². The lowest BCUT2D eigenvalue weighted by molar-refractivity contribution is -0.122. The smallest absolute Gasteiger partial charge is 0.228 e. The summed E-state index contributed by atoms with van der Waals surface area (Å²) in [6, 6.07) is 13.5. The number of rotatable bonds is 4. The highest BCUT2D eigenvalue weighted by Gasteiger charge is 2.26. The van der Waals surface area contributed by atoms with E-state index in [0.29, 0.717) is 11.4 Å². The lowest BCUT2D eigenvalue weighted by Crippen LogP contribution is -2.28. The number of amides is 1. The molecule has 1 aliphatic rings. The van der Waals surface area contributed by atoms with E-state index in [1.54, 1.807) is 6.92 Å².